The summed E-state index contributed by atoms with van der Waals surface area (Å²) in [6.45, 7) is 3.41. The van der Waals surface area contributed by atoms with Crippen LogP contribution in [0, 0.1) is 0 Å². The second kappa shape index (κ2) is 9.06. The van der Waals surface area contributed by atoms with Crippen molar-refractivity contribution in [1.29, 1.82) is 0 Å². The number of hydrogen-bond acceptors (Lipinski definition) is 5. The Bertz CT molecular complexity index is 1070. The molecule has 0 aliphatic carbocycles. The standard InChI is InChI=1S/C22H26ClN3O4S/c1-31(28,29)26-15-21(30-20-8-7-18(23)12-19(20)26)22(27)24-13-16-5-4-6-17(11-16)14-25-9-2-3-10-25/h4-8,11-12,21H,2-3,9-10,13-15H2,1H3,(H,24,27)/t21-/m0/s1. The number of amides is 1. The predicted molar refractivity (Wildman–Crippen MR) is 121 cm³/mol. The fraction of sp³-hybridized carbons (Fsp3) is 0.409. The van der Waals surface area contributed by atoms with Gasteiger partial charge in [-0.25, -0.2) is 8.42 Å². The number of carbonyl (C=O) groups is 1. The number of ether oxygens (including phenoxy) is 1. The van der Waals surface area contributed by atoms with Gasteiger partial charge in [0.05, 0.1) is 18.5 Å². The number of anilines is 1. The molecule has 1 amide bonds. The molecule has 2 aromatic rings. The molecule has 0 aromatic heterocycles. The number of benzene rings is 2. The zero-order chi connectivity index (χ0) is 22.0. The van der Waals surface area contributed by atoms with E-state index in [1.165, 1.54) is 28.8 Å². The van der Waals surface area contributed by atoms with Crippen molar-refractivity contribution in [2.45, 2.75) is 32.0 Å². The highest BCUT2D eigenvalue weighted by atomic mass is 35.5. The first-order chi connectivity index (χ1) is 14.8. The van der Waals surface area contributed by atoms with E-state index in [0.717, 1.165) is 31.5 Å². The number of nitrogens with one attached hydrogen (secondary N) is 1. The van der Waals surface area contributed by atoms with Crippen LogP contribution >= 0.6 is 11.6 Å². The summed E-state index contributed by atoms with van der Waals surface area (Å²) in [5, 5.41) is 3.27. The first-order valence-corrected chi connectivity index (χ1v) is 12.5. The maximum Gasteiger partial charge on any atom is 0.263 e. The highest BCUT2D eigenvalue weighted by Crippen LogP contribution is 2.37. The summed E-state index contributed by atoms with van der Waals surface area (Å²) < 4.78 is 31.5. The Balaban J connectivity index is 1.42. The van der Waals surface area contributed by atoms with Gasteiger partial charge in [0.2, 0.25) is 10.0 Å². The summed E-state index contributed by atoms with van der Waals surface area (Å²) in [6.07, 6.45) is 2.65. The number of carbonyl (C=O) groups excluding carboxylic acids is 1. The molecule has 1 N–H and O–H groups in total. The average molecular weight is 464 g/mol. The highest BCUT2D eigenvalue weighted by Gasteiger charge is 2.35. The zero-order valence-electron chi connectivity index (χ0n) is 17.4. The van der Waals surface area contributed by atoms with Crippen LogP contribution in [0.1, 0.15) is 24.0 Å². The van der Waals surface area contributed by atoms with Crippen molar-refractivity contribution in [2.75, 3.05) is 30.2 Å². The molecule has 2 aliphatic rings. The molecule has 1 saturated heterocycles. The van der Waals surface area contributed by atoms with Gasteiger partial charge in [-0.2, -0.15) is 0 Å². The Kier molecular flexibility index (Phi) is 6.41. The van der Waals surface area contributed by atoms with Crippen molar-refractivity contribution in [1.82, 2.24) is 10.2 Å². The Morgan fingerprint density at radius 3 is 2.65 bits per heavy atom. The number of halogens is 1. The van der Waals surface area contributed by atoms with E-state index in [1.54, 1.807) is 12.1 Å². The lowest BCUT2D eigenvalue weighted by Gasteiger charge is -2.34. The Morgan fingerprint density at radius 1 is 1.16 bits per heavy atom. The van der Waals surface area contributed by atoms with Gasteiger partial charge >= 0.3 is 0 Å². The van der Waals surface area contributed by atoms with Crippen molar-refractivity contribution >= 4 is 33.2 Å². The summed E-state index contributed by atoms with van der Waals surface area (Å²) in [5.41, 5.74) is 2.55. The van der Waals surface area contributed by atoms with E-state index < -0.39 is 16.1 Å². The Morgan fingerprint density at radius 2 is 1.90 bits per heavy atom. The van der Waals surface area contributed by atoms with E-state index in [0.29, 0.717) is 23.0 Å². The molecule has 0 radical (unpaired) electrons. The van der Waals surface area contributed by atoms with Crippen LogP contribution in [0.2, 0.25) is 5.02 Å². The maximum atomic E-state index is 12.8. The second-order valence-electron chi connectivity index (χ2n) is 8.03. The molecule has 1 atom stereocenters. The number of sulfonamides is 1. The molecule has 2 aliphatic heterocycles. The van der Waals surface area contributed by atoms with Gasteiger partial charge in [0.25, 0.3) is 5.91 Å². The molecular formula is C22H26ClN3O4S. The molecule has 9 heteroatoms. The van der Waals surface area contributed by atoms with Gasteiger partial charge in [-0.15, -0.1) is 0 Å². The molecule has 1 fully saturated rings. The fourth-order valence-electron chi connectivity index (χ4n) is 4.01. The van der Waals surface area contributed by atoms with Gasteiger partial charge in [-0.1, -0.05) is 35.9 Å². The molecular weight excluding hydrogens is 438 g/mol. The number of fused-ring (bicyclic) bond motifs is 1. The smallest absolute Gasteiger partial charge is 0.263 e. The number of hydrogen-bond donors (Lipinski definition) is 1. The molecule has 4 rings (SSSR count). The van der Waals surface area contributed by atoms with Gasteiger partial charge in [0.1, 0.15) is 5.75 Å². The van der Waals surface area contributed by atoms with E-state index in [9.17, 15) is 13.2 Å². The quantitative estimate of drug-likeness (QED) is 0.712. The molecule has 31 heavy (non-hydrogen) atoms. The summed E-state index contributed by atoms with van der Waals surface area (Å²) in [5.74, 6) is -0.0481. The largest absolute Gasteiger partial charge is 0.476 e. The van der Waals surface area contributed by atoms with E-state index >= 15 is 0 Å². The first-order valence-electron chi connectivity index (χ1n) is 10.3. The number of nitrogens with zero attached hydrogens (tertiary/aromatic N) is 2. The minimum absolute atomic E-state index is 0.104. The molecule has 7 nitrogen and oxygen atoms in total. The average Bonchev–Trinajstić information content (AvgIpc) is 3.23. The minimum atomic E-state index is -3.60. The third-order valence-corrected chi connectivity index (χ3v) is 6.93. The molecule has 0 unspecified atom stereocenters. The molecule has 2 aromatic carbocycles. The van der Waals surface area contributed by atoms with Crippen molar-refractivity contribution in [3.8, 4) is 5.75 Å². The summed E-state index contributed by atoms with van der Waals surface area (Å²) in [6, 6.07) is 12.9. The maximum absolute atomic E-state index is 12.8. The van der Waals surface area contributed by atoms with Gasteiger partial charge in [-0.3, -0.25) is 14.0 Å². The minimum Gasteiger partial charge on any atom is -0.476 e. The SMILES string of the molecule is CS(=O)(=O)N1C[C@@H](C(=O)NCc2cccc(CN3CCCC3)c2)Oc2ccc(Cl)cc21. The summed E-state index contributed by atoms with van der Waals surface area (Å²) >= 11 is 6.02. The topological polar surface area (TPSA) is 79.0 Å². The molecule has 0 saturated carbocycles. The van der Waals surface area contributed by atoms with Gasteiger partial charge < -0.3 is 10.1 Å². The van der Waals surface area contributed by atoms with Crippen molar-refractivity contribution in [3.05, 3.63) is 58.6 Å². The van der Waals surface area contributed by atoms with Gasteiger partial charge in [-0.05, 0) is 55.3 Å². The van der Waals surface area contributed by atoms with Crippen molar-refractivity contribution in [2.24, 2.45) is 0 Å². The van der Waals surface area contributed by atoms with E-state index in [4.69, 9.17) is 16.3 Å². The normalized spacial score (nSPS) is 19.0. The number of rotatable bonds is 6. The van der Waals surface area contributed by atoms with E-state index in [-0.39, 0.29) is 12.5 Å². The van der Waals surface area contributed by atoms with Crippen LogP contribution in [0.4, 0.5) is 5.69 Å². The van der Waals surface area contributed by atoms with Crippen LogP contribution in [0.3, 0.4) is 0 Å². The summed E-state index contributed by atoms with van der Waals surface area (Å²) in [7, 11) is -3.60. The zero-order valence-corrected chi connectivity index (χ0v) is 19.0. The predicted octanol–water partition coefficient (Wildman–Crippen LogP) is 2.78. The van der Waals surface area contributed by atoms with Crippen LogP contribution < -0.4 is 14.4 Å². The molecule has 2 heterocycles. The first kappa shape index (κ1) is 21.9. The molecule has 166 valence electrons. The number of likely N-dealkylation sites (tertiary alicyclic amines) is 1. The van der Waals surface area contributed by atoms with Crippen molar-refractivity contribution in [3.63, 3.8) is 0 Å². The lowest BCUT2D eigenvalue weighted by Crippen LogP contribution is -2.50. The van der Waals surface area contributed by atoms with Crippen LogP contribution in [0.5, 0.6) is 5.75 Å². The Hall–Kier alpha value is -2.29. The highest BCUT2D eigenvalue weighted by molar-refractivity contribution is 7.92. The lowest BCUT2D eigenvalue weighted by molar-refractivity contribution is -0.127. The summed E-state index contributed by atoms with van der Waals surface area (Å²) in [4.78, 5) is 15.2. The third kappa shape index (κ3) is 5.31. The van der Waals surface area contributed by atoms with Gasteiger partial charge in [0, 0.05) is 18.1 Å². The monoisotopic (exact) mass is 463 g/mol. The van der Waals surface area contributed by atoms with E-state index in [2.05, 4.69) is 22.3 Å². The van der Waals surface area contributed by atoms with Crippen LogP contribution in [-0.2, 0) is 27.9 Å². The van der Waals surface area contributed by atoms with Crippen molar-refractivity contribution < 1.29 is 17.9 Å². The second-order valence-corrected chi connectivity index (χ2v) is 10.4. The molecule has 0 spiro atoms. The van der Waals surface area contributed by atoms with Crippen LogP contribution in [0.25, 0.3) is 0 Å². The van der Waals surface area contributed by atoms with Gasteiger partial charge in [0.15, 0.2) is 6.10 Å². The van der Waals surface area contributed by atoms with Crippen LogP contribution in [-0.4, -0.2) is 51.2 Å². The van der Waals surface area contributed by atoms with Crippen LogP contribution in [0.15, 0.2) is 42.5 Å². The van der Waals surface area contributed by atoms with E-state index in [1.807, 2.05) is 12.1 Å². The third-order valence-electron chi connectivity index (χ3n) is 5.55. The fourth-order valence-corrected chi connectivity index (χ4v) is 5.09. The molecule has 0 bridgehead atoms. The lowest BCUT2D eigenvalue weighted by atomic mass is 10.1. The Labute approximate surface area is 188 Å².